The highest BCUT2D eigenvalue weighted by Crippen LogP contribution is 2.19. The zero-order valence-electron chi connectivity index (χ0n) is 12.0. The molecule has 0 amide bonds. The third kappa shape index (κ3) is 3.77. The first-order valence-corrected chi connectivity index (χ1v) is 8.06. The molecule has 1 aromatic heterocycles. The highest BCUT2D eigenvalue weighted by molar-refractivity contribution is 7.89. The van der Waals surface area contributed by atoms with Gasteiger partial charge in [-0.3, -0.25) is 9.97 Å². The van der Waals surface area contributed by atoms with Crippen molar-refractivity contribution in [1.29, 1.82) is 0 Å². The third-order valence-corrected chi connectivity index (χ3v) is 4.52. The number of nitrogens with two attached hydrogens (primary N) is 1. The van der Waals surface area contributed by atoms with Gasteiger partial charge in [-0.1, -0.05) is 13.0 Å². The number of rotatable bonds is 5. The predicted octanol–water partition coefficient (Wildman–Crippen LogP) is 1.41. The van der Waals surface area contributed by atoms with Gasteiger partial charge in [-0.2, -0.15) is 0 Å². The first-order chi connectivity index (χ1) is 9.92. The number of nitrogens with zero attached hydrogens (tertiary/aromatic N) is 2. The molecule has 0 fully saturated rings. The number of hydrogen-bond donors (Lipinski definition) is 2. The molecule has 6 nitrogen and oxygen atoms in total. The molecule has 2 rings (SSSR count). The van der Waals surface area contributed by atoms with Crippen LogP contribution in [0.4, 0.5) is 5.69 Å². The molecule has 0 atom stereocenters. The van der Waals surface area contributed by atoms with E-state index in [1.54, 1.807) is 24.5 Å². The molecular weight excluding hydrogens is 288 g/mol. The van der Waals surface area contributed by atoms with Crippen LogP contribution in [0.2, 0.25) is 0 Å². The van der Waals surface area contributed by atoms with Gasteiger partial charge in [-0.25, -0.2) is 13.1 Å². The molecule has 0 aliphatic rings. The lowest BCUT2D eigenvalue weighted by Crippen LogP contribution is -2.25. The molecule has 2 aromatic rings. The van der Waals surface area contributed by atoms with Crippen LogP contribution in [0.25, 0.3) is 0 Å². The average molecular weight is 306 g/mol. The van der Waals surface area contributed by atoms with Crippen LogP contribution >= 0.6 is 0 Å². The molecule has 0 radical (unpaired) electrons. The molecule has 0 saturated heterocycles. The smallest absolute Gasteiger partial charge is 0.241 e. The minimum absolute atomic E-state index is 0.0908. The quantitative estimate of drug-likeness (QED) is 0.814. The molecule has 21 heavy (non-hydrogen) atoms. The van der Waals surface area contributed by atoms with Crippen molar-refractivity contribution < 1.29 is 8.42 Å². The van der Waals surface area contributed by atoms with Crippen LogP contribution in [0.15, 0.2) is 35.5 Å². The van der Waals surface area contributed by atoms with Crippen molar-refractivity contribution in [2.75, 3.05) is 5.73 Å². The van der Waals surface area contributed by atoms with Crippen molar-refractivity contribution in [2.45, 2.75) is 31.7 Å². The van der Waals surface area contributed by atoms with Gasteiger partial charge in [-0.05, 0) is 31.0 Å². The predicted molar refractivity (Wildman–Crippen MR) is 81.0 cm³/mol. The van der Waals surface area contributed by atoms with Crippen molar-refractivity contribution in [3.8, 4) is 0 Å². The Morgan fingerprint density at radius 2 is 2.00 bits per heavy atom. The van der Waals surface area contributed by atoms with E-state index in [-0.39, 0.29) is 11.4 Å². The van der Waals surface area contributed by atoms with E-state index in [1.807, 2.05) is 13.8 Å². The zero-order valence-corrected chi connectivity index (χ0v) is 12.8. The second kappa shape index (κ2) is 6.19. The average Bonchev–Trinajstić information content (AvgIpc) is 2.47. The minimum atomic E-state index is -3.63. The molecule has 3 N–H and O–H groups in total. The fraction of sp³-hybridized carbons (Fsp3) is 0.286. The molecular formula is C14H18N4O2S. The van der Waals surface area contributed by atoms with Crippen LogP contribution in [-0.2, 0) is 23.0 Å². The number of aromatic nitrogens is 2. The maximum atomic E-state index is 12.4. The normalized spacial score (nSPS) is 11.5. The molecule has 0 bridgehead atoms. The summed E-state index contributed by atoms with van der Waals surface area (Å²) in [6.07, 6.45) is 3.76. The monoisotopic (exact) mass is 306 g/mol. The van der Waals surface area contributed by atoms with Gasteiger partial charge in [0.2, 0.25) is 10.0 Å². The summed E-state index contributed by atoms with van der Waals surface area (Å²) in [6, 6.07) is 4.90. The number of nitrogen functional groups attached to an aromatic ring is 1. The van der Waals surface area contributed by atoms with Crippen molar-refractivity contribution in [1.82, 2.24) is 14.7 Å². The molecule has 0 saturated carbocycles. The summed E-state index contributed by atoms with van der Waals surface area (Å²) in [5, 5.41) is 0. The van der Waals surface area contributed by atoms with Gasteiger partial charge in [0.1, 0.15) is 0 Å². The minimum Gasteiger partial charge on any atom is -0.399 e. The molecule has 0 aliphatic carbocycles. The summed E-state index contributed by atoms with van der Waals surface area (Å²) in [4.78, 5) is 8.42. The van der Waals surface area contributed by atoms with Crippen LogP contribution in [-0.4, -0.2) is 18.4 Å². The molecule has 7 heteroatoms. The Balaban J connectivity index is 2.22. The SMILES string of the molecule is CCc1ccc(N)cc1S(=O)(=O)NCc1cnc(C)cn1. The van der Waals surface area contributed by atoms with Crippen molar-refractivity contribution >= 4 is 15.7 Å². The molecule has 1 heterocycles. The van der Waals surface area contributed by atoms with Gasteiger partial charge in [0.05, 0.1) is 29.0 Å². The first-order valence-electron chi connectivity index (χ1n) is 6.58. The van der Waals surface area contributed by atoms with E-state index in [1.165, 1.54) is 6.07 Å². The number of anilines is 1. The van der Waals surface area contributed by atoms with E-state index < -0.39 is 10.0 Å². The number of benzene rings is 1. The van der Waals surface area contributed by atoms with Crippen LogP contribution in [0.5, 0.6) is 0 Å². The maximum absolute atomic E-state index is 12.4. The standard InChI is InChI=1S/C14H18N4O2S/c1-3-11-4-5-12(15)6-14(11)21(19,20)18-9-13-8-16-10(2)7-17-13/h4-8,18H,3,9,15H2,1-2H3. The Bertz CT molecular complexity index is 727. The Labute approximate surface area is 124 Å². The zero-order chi connectivity index (χ0) is 15.5. The van der Waals surface area contributed by atoms with Crippen molar-refractivity contribution in [2.24, 2.45) is 0 Å². The van der Waals surface area contributed by atoms with Gasteiger partial charge in [0.15, 0.2) is 0 Å². The number of sulfonamides is 1. The second-order valence-corrected chi connectivity index (χ2v) is 6.43. The van der Waals surface area contributed by atoms with E-state index in [0.29, 0.717) is 17.8 Å². The summed E-state index contributed by atoms with van der Waals surface area (Å²) in [5.74, 6) is 0. The molecule has 1 aromatic carbocycles. The van der Waals surface area contributed by atoms with Crippen LogP contribution < -0.4 is 10.5 Å². The van der Waals surface area contributed by atoms with Crippen molar-refractivity contribution in [3.63, 3.8) is 0 Å². The van der Waals surface area contributed by atoms with Crippen LogP contribution in [0, 0.1) is 6.92 Å². The lowest BCUT2D eigenvalue weighted by molar-refractivity contribution is 0.579. The highest BCUT2D eigenvalue weighted by atomic mass is 32.2. The molecule has 112 valence electrons. The number of aryl methyl sites for hydroxylation is 2. The summed E-state index contributed by atoms with van der Waals surface area (Å²) in [5.41, 5.74) is 8.18. The molecule has 0 unspecified atom stereocenters. The van der Waals surface area contributed by atoms with Crippen LogP contribution in [0.1, 0.15) is 23.9 Å². The number of nitrogens with one attached hydrogen (secondary N) is 1. The number of hydrogen-bond acceptors (Lipinski definition) is 5. The summed E-state index contributed by atoms with van der Waals surface area (Å²) in [6.45, 7) is 3.81. The van der Waals surface area contributed by atoms with Gasteiger partial charge in [0, 0.05) is 11.9 Å². The largest absolute Gasteiger partial charge is 0.399 e. The topological polar surface area (TPSA) is 98.0 Å². The Morgan fingerprint density at radius 3 is 2.62 bits per heavy atom. The first kappa shape index (κ1) is 15.4. The summed E-state index contributed by atoms with van der Waals surface area (Å²) in [7, 11) is -3.63. The highest BCUT2D eigenvalue weighted by Gasteiger charge is 2.18. The summed E-state index contributed by atoms with van der Waals surface area (Å²) >= 11 is 0. The van der Waals surface area contributed by atoms with Gasteiger partial charge >= 0.3 is 0 Å². The third-order valence-electron chi connectivity index (χ3n) is 3.04. The Hall–Kier alpha value is -1.99. The maximum Gasteiger partial charge on any atom is 0.241 e. The van der Waals surface area contributed by atoms with E-state index in [4.69, 9.17) is 5.73 Å². The lowest BCUT2D eigenvalue weighted by atomic mass is 10.1. The van der Waals surface area contributed by atoms with Crippen molar-refractivity contribution in [3.05, 3.63) is 47.5 Å². The lowest BCUT2D eigenvalue weighted by Gasteiger charge is -2.11. The van der Waals surface area contributed by atoms with E-state index in [9.17, 15) is 8.42 Å². The second-order valence-electron chi connectivity index (χ2n) is 4.69. The Morgan fingerprint density at radius 1 is 1.24 bits per heavy atom. The molecule has 0 spiro atoms. The van der Waals surface area contributed by atoms with E-state index in [2.05, 4.69) is 14.7 Å². The van der Waals surface area contributed by atoms with E-state index in [0.717, 1.165) is 11.3 Å². The fourth-order valence-electron chi connectivity index (χ4n) is 1.87. The van der Waals surface area contributed by atoms with E-state index >= 15 is 0 Å². The summed E-state index contributed by atoms with van der Waals surface area (Å²) < 4.78 is 27.3. The fourth-order valence-corrected chi connectivity index (χ4v) is 3.21. The Kier molecular flexibility index (Phi) is 4.54. The van der Waals surface area contributed by atoms with Gasteiger partial charge < -0.3 is 5.73 Å². The van der Waals surface area contributed by atoms with Gasteiger partial charge in [-0.15, -0.1) is 0 Å². The van der Waals surface area contributed by atoms with Gasteiger partial charge in [0.25, 0.3) is 0 Å². The van der Waals surface area contributed by atoms with Crippen LogP contribution in [0.3, 0.4) is 0 Å². The molecule has 0 aliphatic heterocycles.